The van der Waals surface area contributed by atoms with E-state index in [0.29, 0.717) is 26.0 Å². The number of anilines is 1. The Kier molecular flexibility index (Phi) is 4.00. The Balaban J connectivity index is 2.40. The number of rotatable bonds is 2. The van der Waals surface area contributed by atoms with E-state index in [2.05, 4.69) is 15.9 Å². The molecule has 0 atom stereocenters. The van der Waals surface area contributed by atoms with Crippen LogP contribution in [0.1, 0.15) is 0 Å². The lowest BCUT2D eigenvalue weighted by atomic mass is 10.3. The highest BCUT2D eigenvalue weighted by Crippen LogP contribution is 2.38. The molecule has 2 aromatic carbocycles. The maximum atomic E-state index is 13.1. The quantitative estimate of drug-likeness (QED) is 0.591. The molecule has 2 nitrogen and oxygen atoms in total. The standard InChI is InChI=1S/C12H7BrCl2FNO/c13-7-4-9(15)11(5-8(7)14)18-12-3-6(16)1-2-10(12)17/h1-5H,17H2. The number of nitrogens with two attached hydrogens (primary N) is 1. The van der Waals surface area contributed by atoms with Crippen LogP contribution in [-0.2, 0) is 0 Å². The summed E-state index contributed by atoms with van der Waals surface area (Å²) in [6.45, 7) is 0. The molecule has 2 rings (SSSR count). The van der Waals surface area contributed by atoms with Gasteiger partial charge in [0.25, 0.3) is 0 Å². The van der Waals surface area contributed by atoms with Crippen molar-refractivity contribution in [3.63, 3.8) is 0 Å². The molecule has 0 aliphatic carbocycles. The van der Waals surface area contributed by atoms with Gasteiger partial charge in [-0.15, -0.1) is 0 Å². The van der Waals surface area contributed by atoms with Crippen LogP contribution in [-0.4, -0.2) is 0 Å². The molecule has 0 saturated heterocycles. The van der Waals surface area contributed by atoms with E-state index in [1.165, 1.54) is 24.3 Å². The fourth-order valence-electron chi connectivity index (χ4n) is 1.30. The molecule has 0 radical (unpaired) electrons. The average Bonchev–Trinajstić information content (AvgIpc) is 2.30. The number of nitrogen functional groups attached to an aromatic ring is 1. The summed E-state index contributed by atoms with van der Waals surface area (Å²) in [7, 11) is 0. The summed E-state index contributed by atoms with van der Waals surface area (Å²) in [4.78, 5) is 0. The van der Waals surface area contributed by atoms with Crippen molar-refractivity contribution in [3.05, 3.63) is 50.7 Å². The predicted octanol–water partition coefficient (Wildman–Crippen LogP) is 5.27. The zero-order chi connectivity index (χ0) is 13.3. The molecular formula is C12H7BrCl2FNO. The molecule has 18 heavy (non-hydrogen) atoms. The second-order valence-electron chi connectivity index (χ2n) is 3.48. The molecule has 94 valence electrons. The molecule has 0 amide bonds. The third kappa shape index (κ3) is 2.88. The van der Waals surface area contributed by atoms with Gasteiger partial charge in [0.2, 0.25) is 0 Å². The van der Waals surface area contributed by atoms with E-state index in [9.17, 15) is 4.39 Å². The van der Waals surface area contributed by atoms with Crippen molar-refractivity contribution in [1.29, 1.82) is 0 Å². The molecule has 0 fully saturated rings. The lowest BCUT2D eigenvalue weighted by Crippen LogP contribution is -1.93. The van der Waals surface area contributed by atoms with Crippen molar-refractivity contribution in [3.8, 4) is 11.5 Å². The first-order chi connectivity index (χ1) is 8.47. The maximum Gasteiger partial charge on any atom is 0.153 e. The predicted molar refractivity (Wildman–Crippen MR) is 75.0 cm³/mol. The molecule has 0 aromatic heterocycles. The van der Waals surface area contributed by atoms with Crippen molar-refractivity contribution in [2.24, 2.45) is 0 Å². The number of ether oxygens (including phenoxy) is 1. The van der Waals surface area contributed by atoms with Gasteiger partial charge in [0.05, 0.1) is 15.7 Å². The van der Waals surface area contributed by atoms with E-state index in [-0.39, 0.29) is 5.75 Å². The van der Waals surface area contributed by atoms with Crippen molar-refractivity contribution in [2.75, 3.05) is 5.73 Å². The summed E-state index contributed by atoms with van der Waals surface area (Å²) in [6.07, 6.45) is 0. The summed E-state index contributed by atoms with van der Waals surface area (Å²) in [5.41, 5.74) is 5.99. The van der Waals surface area contributed by atoms with Gasteiger partial charge in [-0.05, 0) is 34.1 Å². The van der Waals surface area contributed by atoms with Crippen molar-refractivity contribution in [1.82, 2.24) is 0 Å². The number of halogens is 4. The van der Waals surface area contributed by atoms with Gasteiger partial charge in [-0.25, -0.2) is 4.39 Å². The van der Waals surface area contributed by atoms with Crippen LogP contribution >= 0.6 is 39.1 Å². The first kappa shape index (κ1) is 13.5. The van der Waals surface area contributed by atoms with Gasteiger partial charge in [0.1, 0.15) is 11.6 Å². The largest absolute Gasteiger partial charge is 0.453 e. The molecule has 0 aliphatic rings. The van der Waals surface area contributed by atoms with Crippen molar-refractivity contribution < 1.29 is 9.13 Å². The van der Waals surface area contributed by atoms with E-state index < -0.39 is 5.82 Å². The van der Waals surface area contributed by atoms with Crippen LogP contribution in [0.15, 0.2) is 34.8 Å². The Morgan fingerprint density at radius 1 is 1.06 bits per heavy atom. The topological polar surface area (TPSA) is 35.2 Å². The summed E-state index contributed by atoms with van der Waals surface area (Å²) in [5.74, 6) is 0.0518. The molecule has 0 saturated carbocycles. The summed E-state index contributed by atoms with van der Waals surface area (Å²) >= 11 is 15.2. The molecule has 0 unspecified atom stereocenters. The summed E-state index contributed by atoms with van der Waals surface area (Å²) < 4.78 is 19.2. The highest BCUT2D eigenvalue weighted by molar-refractivity contribution is 9.10. The lowest BCUT2D eigenvalue weighted by molar-refractivity contribution is 0.479. The Morgan fingerprint density at radius 2 is 1.78 bits per heavy atom. The minimum Gasteiger partial charge on any atom is -0.453 e. The molecule has 2 aromatic rings. The second kappa shape index (κ2) is 5.34. The maximum absolute atomic E-state index is 13.1. The fraction of sp³-hybridized carbons (Fsp3) is 0. The molecule has 0 aliphatic heterocycles. The molecule has 2 N–H and O–H groups in total. The zero-order valence-electron chi connectivity index (χ0n) is 8.88. The van der Waals surface area contributed by atoms with Gasteiger partial charge in [-0.3, -0.25) is 0 Å². The number of hydrogen-bond donors (Lipinski definition) is 1. The van der Waals surface area contributed by atoms with Gasteiger partial charge in [0, 0.05) is 16.6 Å². The van der Waals surface area contributed by atoms with E-state index >= 15 is 0 Å². The Bertz CT molecular complexity index is 607. The second-order valence-corrected chi connectivity index (χ2v) is 5.15. The van der Waals surface area contributed by atoms with Crippen LogP contribution in [0.4, 0.5) is 10.1 Å². The Hall–Kier alpha value is -0.970. The highest BCUT2D eigenvalue weighted by atomic mass is 79.9. The first-order valence-electron chi connectivity index (χ1n) is 4.85. The Labute approximate surface area is 122 Å². The van der Waals surface area contributed by atoms with E-state index in [0.717, 1.165) is 0 Å². The van der Waals surface area contributed by atoms with Gasteiger partial charge in [0.15, 0.2) is 5.75 Å². The number of hydrogen-bond acceptors (Lipinski definition) is 2. The normalized spacial score (nSPS) is 10.4. The third-order valence-electron chi connectivity index (χ3n) is 2.17. The van der Waals surface area contributed by atoms with Crippen LogP contribution in [0, 0.1) is 5.82 Å². The van der Waals surface area contributed by atoms with Gasteiger partial charge in [-0.2, -0.15) is 0 Å². The SMILES string of the molecule is Nc1ccc(F)cc1Oc1cc(Cl)c(Br)cc1Cl. The van der Waals surface area contributed by atoms with Crippen LogP contribution in [0.25, 0.3) is 0 Å². The smallest absolute Gasteiger partial charge is 0.153 e. The minimum atomic E-state index is -0.446. The molecular weight excluding hydrogens is 344 g/mol. The monoisotopic (exact) mass is 349 g/mol. The van der Waals surface area contributed by atoms with E-state index in [4.69, 9.17) is 33.7 Å². The molecule has 0 bridgehead atoms. The average molecular weight is 351 g/mol. The van der Waals surface area contributed by atoms with Crippen molar-refractivity contribution in [2.45, 2.75) is 0 Å². The number of benzene rings is 2. The third-order valence-corrected chi connectivity index (χ3v) is 3.66. The minimum absolute atomic E-state index is 0.190. The van der Waals surface area contributed by atoms with Gasteiger partial charge in [-0.1, -0.05) is 23.2 Å². The summed E-state index contributed by atoms with van der Waals surface area (Å²) in [6, 6.07) is 6.96. The first-order valence-corrected chi connectivity index (χ1v) is 6.39. The fourth-order valence-corrected chi connectivity index (χ4v) is 2.13. The summed E-state index contributed by atoms with van der Waals surface area (Å²) in [5, 5.41) is 0.777. The van der Waals surface area contributed by atoms with E-state index in [1.54, 1.807) is 6.07 Å². The van der Waals surface area contributed by atoms with Crippen LogP contribution in [0.2, 0.25) is 10.0 Å². The van der Waals surface area contributed by atoms with Crippen LogP contribution in [0.5, 0.6) is 11.5 Å². The van der Waals surface area contributed by atoms with Crippen LogP contribution < -0.4 is 10.5 Å². The molecule has 0 heterocycles. The Morgan fingerprint density at radius 3 is 2.50 bits per heavy atom. The van der Waals surface area contributed by atoms with Gasteiger partial charge < -0.3 is 10.5 Å². The van der Waals surface area contributed by atoms with Crippen LogP contribution in [0.3, 0.4) is 0 Å². The molecule has 6 heteroatoms. The van der Waals surface area contributed by atoms with Gasteiger partial charge >= 0.3 is 0 Å². The van der Waals surface area contributed by atoms with Crippen molar-refractivity contribution >= 4 is 44.8 Å². The molecule has 0 spiro atoms. The zero-order valence-corrected chi connectivity index (χ0v) is 12.0. The highest BCUT2D eigenvalue weighted by Gasteiger charge is 2.10. The van der Waals surface area contributed by atoms with E-state index in [1.807, 2.05) is 0 Å². The lowest BCUT2D eigenvalue weighted by Gasteiger charge is -2.11.